The maximum Gasteiger partial charge on any atom is 0.340 e. The monoisotopic (exact) mass is 398 g/mol. The molecule has 0 aliphatic carbocycles. The lowest BCUT2D eigenvalue weighted by molar-refractivity contribution is 0.486. The molecule has 0 aromatic heterocycles. The molecule has 0 saturated heterocycles. The Morgan fingerprint density at radius 1 is 0.818 bits per heavy atom. The van der Waals surface area contributed by atoms with Crippen LogP contribution in [0.5, 0.6) is 5.75 Å². The van der Waals surface area contributed by atoms with E-state index in [1.165, 1.54) is 18.2 Å². The van der Waals surface area contributed by atoms with Gasteiger partial charge in [0.15, 0.2) is 0 Å². The summed E-state index contributed by atoms with van der Waals surface area (Å²) in [5, 5.41) is 0.703. The summed E-state index contributed by atoms with van der Waals surface area (Å²) >= 11 is 23.6. The van der Waals surface area contributed by atoms with E-state index in [4.69, 9.17) is 50.6 Å². The van der Waals surface area contributed by atoms with Crippen LogP contribution < -0.4 is 4.18 Å². The summed E-state index contributed by atoms with van der Waals surface area (Å²) < 4.78 is 29.8. The van der Waals surface area contributed by atoms with E-state index in [-0.39, 0.29) is 25.7 Å². The van der Waals surface area contributed by atoms with Crippen molar-refractivity contribution in [2.75, 3.05) is 0 Å². The van der Waals surface area contributed by atoms with Crippen molar-refractivity contribution in [3.05, 3.63) is 55.5 Å². The van der Waals surface area contributed by atoms with E-state index in [2.05, 4.69) is 0 Å². The van der Waals surface area contributed by atoms with Gasteiger partial charge < -0.3 is 4.18 Å². The zero-order valence-corrected chi connectivity index (χ0v) is 15.3. The van der Waals surface area contributed by atoms with Crippen LogP contribution in [0.3, 0.4) is 0 Å². The summed E-state index contributed by atoms with van der Waals surface area (Å²) in [7, 11) is -4.15. The molecule has 3 nitrogen and oxygen atoms in total. The summed E-state index contributed by atoms with van der Waals surface area (Å²) in [5.41, 5.74) is 1.40. The topological polar surface area (TPSA) is 43.4 Å². The van der Waals surface area contributed by atoms with Gasteiger partial charge in [-0.15, -0.1) is 0 Å². The van der Waals surface area contributed by atoms with Crippen LogP contribution in [-0.2, 0) is 10.1 Å². The zero-order chi connectivity index (χ0) is 16.7. The Labute approximate surface area is 148 Å². The molecule has 0 spiro atoms. The van der Waals surface area contributed by atoms with Gasteiger partial charge in [0.05, 0.1) is 15.1 Å². The molecule has 0 radical (unpaired) electrons. The number of hydrogen-bond donors (Lipinski definition) is 0. The molecule has 0 saturated carbocycles. The molecule has 0 aliphatic heterocycles. The lowest BCUT2D eigenvalue weighted by Gasteiger charge is -2.11. The van der Waals surface area contributed by atoms with Crippen molar-refractivity contribution in [2.24, 2.45) is 0 Å². The quantitative estimate of drug-likeness (QED) is 0.492. The van der Waals surface area contributed by atoms with Crippen molar-refractivity contribution in [2.45, 2.75) is 18.7 Å². The Bertz CT molecular complexity index is 824. The third-order valence-electron chi connectivity index (χ3n) is 2.86. The van der Waals surface area contributed by atoms with E-state index in [1.807, 2.05) is 0 Å². The fraction of sp³-hybridized carbons (Fsp3) is 0.143. The molecule has 22 heavy (non-hydrogen) atoms. The number of benzene rings is 2. The molecule has 0 aliphatic rings. The van der Waals surface area contributed by atoms with E-state index in [1.54, 1.807) is 13.8 Å². The fourth-order valence-corrected chi connectivity index (χ4v) is 3.83. The highest BCUT2D eigenvalue weighted by molar-refractivity contribution is 7.87. The molecule has 2 aromatic rings. The largest absolute Gasteiger partial charge is 0.379 e. The van der Waals surface area contributed by atoms with Gasteiger partial charge in [-0.05, 0) is 49.2 Å². The van der Waals surface area contributed by atoms with Gasteiger partial charge in [-0.1, -0.05) is 46.4 Å². The normalized spacial score (nSPS) is 11.5. The van der Waals surface area contributed by atoms with Crippen LogP contribution in [0.15, 0.2) is 29.2 Å². The van der Waals surface area contributed by atoms with Crippen LogP contribution >= 0.6 is 46.4 Å². The van der Waals surface area contributed by atoms with Crippen LogP contribution in [0, 0.1) is 13.8 Å². The predicted octanol–water partition coefficient (Wildman–Crippen LogP) is 5.68. The van der Waals surface area contributed by atoms with Gasteiger partial charge in [0.1, 0.15) is 10.6 Å². The van der Waals surface area contributed by atoms with Crippen molar-refractivity contribution in [3.8, 4) is 5.75 Å². The fourth-order valence-electron chi connectivity index (χ4n) is 1.82. The maximum atomic E-state index is 12.4. The van der Waals surface area contributed by atoms with Gasteiger partial charge in [0.25, 0.3) is 0 Å². The molecule has 0 bridgehead atoms. The van der Waals surface area contributed by atoms with Crippen LogP contribution in [0.25, 0.3) is 0 Å². The molecule has 0 heterocycles. The minimum Gasteiger partial charge on any atom is -0.379 e. The second-order valence-electron chi connectivity index (χ2n) is 4.61. The van der Waals surface area contributed by atoms with Crippen molar-refractivity contribution >= 4 is 56.5 Å². The van der Waals surface area contributed by atoms with Gasteiger partial charge in [0.2, 0.25) is 0 Å². The van der Waals surface area contributed by atoms with Crippen LogP contribution in [0.4, 0.5) is 0 Å². The molecule has 0 unspecified atom stereocenters. The smallest absolute Gasteiger partial charge is 0.340 e. The molecule has 0 amide bonds. The van der Waals surface area contributed by atoms with E-state index in [0.717, 1.165) is 6.07 Å². The number of aryl methyl sites for hydroxylation is 2. The molecule has 8 heteroatoms. The lowest BCUT2D eigenvalue weighted by Crippen LogP contribution is -2.11. The van der Waals surface area contributed by atoms with Crippen LogP contribution in [0.1, 0.15) is 11.1 Å². The van der Waals surface area contributed by atoms with Gasteiger partial charge in [-0.25, -0.2) is 0 Å². The zero-order valence-electron chi connectivity index (χ0n) is 11.5. The predicted molar refractivity (Wildman–Crippen MR) is 90.2 cm³/mol. The summed E-state index contributed by atoms with van der Waals surface area (Å²) in [6, 6.07) is 5.45. The van der Waals surface area contributed by atoms with Crippen LogP contribution in [-0.4, -0.2) is 8.42 Å². The summed E-state index contributed by atoms with van der Waals surface area (Å²) in [6.45, 7) is 3.50. The molecule has 118 valence electrons. The Hall–Kier alpha value is -0.650. The van der Waals surface area contributed by atoms with E-state index in [0.29, 0.717) is 16.1 Å². The van der Waals surface area contributed by atoms with E-state index < -0.39 is 10.1 Å². The molecule has 0 atom stereocenters. The average molecular weight is 400 g/mol. The number of halogens is 4. The Balaban J connectivity index is 2.47. The Morgan fingerprint density at radius 3 is 1.86 bits per heavy atom. The second-order valence-corrected chi connectivity index (χ2v) is 7.72. The third-order valence-corrected chi connectivity index (χ3v) is 5.89. The molecule has 2 aromatic carbocycles. The van der Waals surface area contributed by atoms with Gasteiger partial charge >= 0.3 is 10.1 Å². The molecule has 2 rings (SSSR count). The van der Waals surface area contributed by atoms with Crippen molar-refractivity contribution in [1.82, 2.24) is 0 Å². The highest BCUT2D eigenvalue weighted by atomic mass is 35.5. The minimum absolute atomic E-state index is 0.0664. The summed E-state index contributed by atoms with van der Waals surface area (Å²) in [5.74, 6) is 0.140. The molecule has 0 fully saturated rings. The summed E-state index contributed by atoms with van der Waals surface area (Å²) in [6.07, 6.45) is 0. The van der Waals surface area contributed by atoms with Crippen molar-refractivity contribution in [3.63, 3.8) is 0 Å². The molecule has 0 N–H and O–H groups in total. The summed E-state index contributed by atoms with van der Waals surface area (Å²) in [4.78, 5) is -0.256. The Morgan fingerprint density at radius 2 is 1.32 bits per heavy atom. The van der Waals surface area contributed by atoms with Crippen LogP contribution in [0.2, 0.25) is 20.1 Å². The van der Waals surface area contributed by atoms with Gasteiger partial charge in [0, 0.05) is 5.02 Å². The number of hydrogen-bond acceptors (Lipinski definition) is 3. The molecular formula is C14H10Cl4O3S. The van der Waals surface area contributed by atoms with Gasteiger partial charge in [-0.2, -0.15) is 8.42 Å². The first-order chi connectivity index (χ1) is 10.1. The van der Waals surface area contributed by atoms with Crippen molar-refractivity contribution in [1.29, 1.82) is 0 Å². The first-order valence-corrected chi connectivity index (χ1v) is 8.89. The minimum atomic E-state index is -4.15. The highest BCUT2D eigenvalue weighted by Gasteiger charge is 2.22. The highest BCUT2D eigenvalue weighted by Crippen LogP contribution is 2.34. The van der Waals surface area contributed by atoms with Gasteiger partial charge in [-0.3, -0.25) is 0 Å². The first kappa shape index (κ1) is 17.7. The standard InChI is InChI=1S/C14H10Cl4O3S/c1-7-3-9(4-8(2)14(7)18)21-22(19,20)13-6-11(16)10(15)5-12(13)17/h3-6H,1-2H3. The Kier molecular flexibility index (Phi) is 5.20. The second kappa shape index (κ2) is 6.46. The first-order valence-electron chi connectivity index (χ1n) is 5.97. The van der Waals surface area contributed by atoms with E-state index in [9.17, 15) is 8.42 Å². The number of rotatable bonds is 3. The third kappa shape index (κ3) is 3.63. The molecular weight excluding hydrogens is 390 g/mol. The maximum absolute atomic E-state index is 12.4. The van der Waals surface area contributed by atoms with E-state index >= 15 is 0 Å². The lowest BCUT2D eigenvalue weighted by atomic mass is 10.1. The average Bonchev–Trinajstić information content (AvgIpc) is 2.39. The van der Waals surface area contributed by atoms with Crippen molar-refractivity contribution < 1.29 is 12.6 Å². The SMILES string of the molecule is Cc1cc(OS(=O)(=O)c2cc(Cl)c(Cl)cc2Cl)cc(C)c1Cl.